The molecule has 11 heteroatoms. The zero-order valence-corrected chi connectivity index (χ0v) is 17.1. The lowest BCUT2D eigenvalue weighted by atomic mass is 10.0. The quantitative estimate of drug-likeness (QED) is 0.173. The van der Waals surface area contributed by atoms with Crippen molar-refractivity contribution in [2.45, 2.75) is 31.9 Å². The van der Waals surface area contributed by atoms with E-state index in [1.807, 2.05) is 0 Å². The van der Waals surface area contributed by atoms with Gasteiger partial charge in [-0.3, -0.25) is 19.7 Å². The van der Waals surface area contributed by atoms with Crippen molar-refractivity contribution < 1.29 is 38.6 Å². The van der Waals surface area contributed by atoms with Crippen LogP contribution >= 0.6 is 0 Å². The Kier molecular flexibility index (Phi) is 12.2. The lowest BCUT2D eigenvalue weighted by Crippen LogP contribution is -2.47. The van der Waals surface area contributed by atoms with Gasteiger partial charge in [0.2, 0.25) is 0 Å². The Labute approximate surface area is 174 Å². The predicted molar refractivity (Wildman–Crippen MR) is 105 cm³/mol. The number of nitrogens with zero attached hydrogens (tertiary/aromatic N) is 1. The first kappa shape index (κ1) is 25.4. The third-order valence-electron chi connectivity index (χ3n) is 4.06. The van der Waals surface area contributed by atoms with Gasteiger partial charge >= 0.3 is 5.97 Å². The van der Waals surface area contributed by atoms with E-state index in [9.17, 15) is 19.7 Å². The summed E-state index contributed by atoms with van der Waals surface area (Å²) < 4.78 is 21.3. The van der Waals surface area contributed by atoms with Gasteiger partial charge in [0.15, 0.2) is 0 Å². The molecule has 0 spiro atoms. The fraction of sp³-hybridized carbons (Fsp3) is 0.579. The smallest absolute Gasteiger partial charge is 0.303 e. The van der Waals surface area contributed by atoms with E-state index in [2.05, 4.69) is 5.32 Å². The second-order valence-corrected chi connectivity index (χ2v) is 6.20. The normalized spacial score (nSPS) is 12.9. The fourth-order valence-electron chi connectivity index (χ4n) is 2.46. The number of nitro groups is 1. The van der Waals surface area contributed by atoms with E-state index in [0.29, 0.717) is 19.8 Å². The maximum Gasteiger partial charge on any atom is 0.303 e. The predicted octanol–water partition coefficient (Wildman–Crippen LogP) is 1.60. The van der Waals surface area contributed by atoms with Crippen molar-refractivity contribution in [2.75, 3.05) is 40.3 Å². The van der Waals surface area contributed by atoms with Crippen molar-refractivity contribution in [3.05, 3.63) is 39.9 Å². The Hall–Kier alpha value is -2.60. The van der Waals surface area contributed by atoms with Crippen LogP contribution in [0.2, 0.25) is 0 Å². The standard InChI is InChI=1S/C19H28N2O9/c1-3-28-13-30-17(12-29-11-10-27-2)16(8-9-18(22)23)20-19(24)14-4-6-15(7-5-14)21(25)26/h4-7,16-17H,3,8-13H2,1-2H3,(H,20,24)(H,22,23). The summed E-state index contributed by atoms with van der Waals surface area (Å²) in [5, 5.41) is 22.6. The lowest BCUT2D eigenvalue weighted by molar-refractivity contribution is -0.384. The number of benzene rings is 1. The number of hydrogen-bond acceptors (Lipinski definition) is 8. The molecule has 1 aromatic rings. The SMILES string of the molecule is CCOCOC(COCCOC)C(CCC(=O)O)NC(=O)c1ccc([N+](=O)[O-])cc1. The highest BCUT2D eigenvalue weighted by Crippen LogP contribution is 2.14. The number of carbonyl (C=O) groups excluding carboxylic acids is 1. The zero-order valence-electron chi connectivity index (χ0n) is 17.1. The van der Waals surface area contributed by atoms with Crippen molar-refractivity contribution >= 4 is 17.6 Å². The molecule has 168 valence electrons. The summed E-state index contributed by atoms with van der Waals surface area (Å²) in [5.74, 6) is -1.53. The minimum atomic E-state index is -1.02. The van der Waals surface area contributed by atoms with E-state index < -0.39 is 28.9 Å². The molecule has 1 aromatic carbocycles. The van der Waals surface area contributed by atoms with Crippen molar-refractivity contribution in [1.82, 2.24) is 5.32 Å². The Morgan fingerprint density at radius 3 is 2.47 bits per heavy atom. The van der Waals surface area contributed by atoms with Crippen LogP contribution in [0.25, 0.3) is 0 Å². The molecule has 0 saturated heterocycles. The van der Waals surface area contributed by atoms with Crippen LogP contribution in [0.3, 0.4) is 0 Å². The summed E-state index contributed by atoms with van der Waals surface area (Å²) in [4.78, 5) is 33.9. The van der Waals surface area contributed by atoms with Gasteiger partial charge in [0.05, 0.1) is 30.8 Å². The molecule has 0 fully saturated rings. The monoisotopic (exact) mass is 428 g/mol. The molecule has 11 nitrogen and oxygen atoms in total. The average Bonchev–Trinajstić information content (AvgIpc) is 2.72. The van der Waals surface area contributed by atoms with E-state index in [0.717, 1.165) is 0 Å². The van der Waals surface area contributed by atoms with E-state index in [4.69, 9.17) is 24.1 Å². The van der Waals surface area contributed by atoms with E-state index in [-0.39, 0.29) is 37.5 Å². The first-order valence-electron chi connectivity index (χ1n) is 9.42. The summed E-state index contributed by atoms with van der Waals surface area (Å²) in [6.07, 6.45) is -0.772. The summed E-state index contributed by atoms with van der Waals surface area (Å²) in [7, 11) is 1.53. The highest BCUT2D eigenvalue weighted by atomic mass is 16.7. The number of aliphatic carboxylic acids is 1. The Morgan fingerprint density at radius 2 is 1.90 bits per heavy atom. The zero-order chi connectivity index (χ0) is 22.4. The molecule has 0 aliphatic rings. The average molecular weight is 428 g/mol. The lowest BCUT2D eigenvalue weighted by Gasteiger charge is -2.28. The Balaban J connectivity index is 2.89. The molecule has 1 rings (SSSR count). The Bertz CT molecular complexity index is 666. The highest BCUT2D eigenvalue weighted by molar-refractivity contribution is 5.94. The van der Waals surface area contributed by atoms with E-state index in [1.165, 1.54) is 31.4 Å². The van der Waals surface area contributed by atoms with Gasteiger partial charge in [0.1, 0.15) is 12.9 Å². The number of hydrogen-bond donors (Lipinski definition) is 2. The minimum Gasteiger partial charge on any atom is -0.481 e. The van der Waals surface area contributed by atoms with Crippen molar-refractivity contribution in [2.24, 2.45) is 0 Å². The number of nitrogens with one attached hydrogen (secondary N) is 1. The molecule has 0 bridgehead atoms. The number of non-ortho nitro benzene ring substituents is 1. The molecule has 0 radical (unpaired) electrons. The Morgan fingerprint density at radius 1 is 1.20 bits per heavy atom. The third-order valence-corrected chi connectivity index (χ3v) is 4.06. The molecule has 0 aliphatic carbocycles. The molecule has 2 unspecified atom stereocenters. The maximum absolute atomic E-state index is 12.6. The van der Waals surface area contributed by atoms with Crippen molar-refractivity contribution in [3.63, 3.8) is 0 Å². The number of carboxylic acid groups (broad SMARTS) is 1. The number of ether oxygens (including phenoxy) is 4. The molecule has 1 amide bonds. The molecular formula is C19H28N2O9. The largest absolute Gasteiger partial charge is 0.481 e. The van der Waals surface area contributed by atoms with Crippen LogP contribution in [-0.4, -0.2) is 74.4 Å². The minimum absolute atomic E-state index is 0.0498. The fourth-order valence-corrected chi connectivity index (χ4v) is 2.46. The van der Waals surface area contributed by atoms with Crippen molar-refractivity contribution in [1.29, 1.82) is 0 Å². The van der Waals surface area contributed by atoms with E-state index >= 15 is 0 Å². The second-order valence-electron chi connectivity index (χ2n) is 6.20. The first-order chi connectivity index (χ1) is 14.4. The molecule has 2 atom stereocenters. The summed E-state index contributed by atoms with van der Waals surface area (Å²) in [6, 6.07) is 4.41. The molecule has 0 saturated carbocycles. The molecule has 0 aromatic heterocycles. The van der Waals surface area contributed by atoms with Crippen LogP contribution in [0.4, 0.5) is 5.69 Å². The van der Waals surface area contributed by atoms with Crippen LogP contribution in [0.1, 0.15) is 30.1 Å². The van der Waals surface area contributed by atoms with E-state index in [1.54, 1.807) is 6.92 Å². The molecular weight excluding hydrogens is 400 g/mol. The van der Waals surface area contributed by atoms with Gasteiger partial charge in [-0.05, 0) is 25.5 Å². The van der Waals surface area contributed by atoms with Gasteiger partial charge in [-0.25, -0.2) is 0 Å². The highest BCUT2D eigenvalue weighted by Gasteiger charge is 2.26. The van der Waals surface area contributed by atoms with Crippen LogP contribution in [0.15, 0.2) is 24.3 Å². The van der Waals surface area contributed by atoms with Crippen LogP contribution in [0.5, 0.6) is 0 Å². The summed E-state index contributed by atoms with van der Waals surface area (Å²) in [5.41, 5.74) is 0.0585. The molecule has 2 N–H and O–H groups in total. The molecule has 30 heavy (non-hydrogen) atoms. The van der Waals surface area contributed by atoms with Crippen LogP contribution in [-0.2, 0) is 23.7 Å². The molecule has 0 aliphatic heterocycles. The van der Waals surface area contributed by atoms with Gasteiger partial charge < -0.3 is 29.4 Å². The van der Waals surface area contributed by atoms with Crippen LogP contribution in [0, 0.1) is 10.1 Å². The maximum atomic E-state index is 12.6. The molecule has 0 heterocycles. The summed E-state index contributed by atoms with van der Waals surface area (Å²) in [6.45, 7) is 2.92. The number of carbonyl (C=O) groups is 2. The van der Waals surface area contributed by atoms with Gasteiger partial charge in [-0.2, -0.15) is 0 Å². The number of amides is 1. The van der Waals surface area contributed by atoms with Gasteiger partial charge in [0, 0.05) is 37.8 Å². The third kappa shape index (κ3) is 9.74. The van der Waals surface area contributed by atoms with Crippen molar-refractivity contribution in [3.8, 4) is 0 Å². The topological polar surface area (TPSA) is 146 Å². The second kappa shape index (κ2) is 14.4. The number of methoxy groups -OCH3 is 1. The van der Waals surface area contributed by atoms with Gasteiger partial charge in [-0.1, -0.05) is 0 Å². The first-order valence-corrected chi connectivity index (χ1v) is 9.42. The number of rotatable bonds is 16. The van der Waals surface area contributed by atoms with Gasteiger partial charge in [0.25, 0.3) is 11.6 Å². The summed E-state index contributed by atoms with van der Waals surface area (Å²) >= 11 is 0. The van der Waals surface area contributed by atoms with Crippen LogP contribution < -0.4 is 5.32 Å². The number of carboxylic acids is 1. The van der Waals surface area contributed by atoms with Gasteiger partial charge in [-0.15, -0.1) is 0 Å². The number of nitro benzene ring substituents is 1.